The molecule has 0 saturated carbocycles. The summed E-state index contributed by atoms with van der Waals surface area (Å²) in [5.74, 6) is -1.76. The van der Waals surface area contributed by atoms with Crippen molar-refractivity contribution < 1.29 is 22.7 Å². The van der Waals surface area contributed by atoms with Crippen LogP contribution in [0.15, 0.2) is 58.8 Å². The number of carbonyl (C=O) groups excluding carboxylic acids is 2. The van der Waals surface area contributed by atoms with Gasteiger partial charge >= 0.3 is 5.97 Å². The van der Waals surface area contributed by atoms with Gasteiger partial charge in [-0.2, -0.15) is 0 Å². The molecule has 29 heavy (non-hydrogen) atoms. The predicted molar refractivity (Wildman–Crippen MR) is 111 cm³/mol. The van der Waals surface area contributed by atoms with Gasteiger partial charge in [-0.25, -0.2) is 18.2 Å². The Kier molecular flexibility index (Phi) is 6.09. The van der Waals surface area contributed by atoms with E-state index < -0.39 is 27.5 Å². The van der Waals surface area contributed by atoms with Crippen LogP contribution in [0.2, 0.25) is 0 Å². The number of ether oxygens (including phenoxy) is 1. The van der Waals surface area contributed by atoms with Crippen LogP contribution in [0.5, 0.6) is 0 Å². The first-order chi connectivity index (χ1) is 13.8. The third-order valence-electron chi connectivity index (χ3n) is 4.05. The van der Waals surface area contributed by atoms with Gasteiger partial charge in [0, 0.05) is 10.9 Å². The molecule has 0 bridgehead atoms. The van der Waals surface area contributed by atoms with Gasteiger partial charge in [-0.3, -0.25) is 4.79 Å². The molecule has 3 rings (SSSR count). The Bertz CT molecular complexity index is 1130. The molecule has 1 heterocycles. The molecule has 0 unspecified atom stereocenters. The lowest BCUT2D eigenvalue weighted by Gasteiger charge is -2.05. The smallest absolute Gasteiger partial charge is 0.337 e. The average molecular weight is 431 g/mol. The second kappa shape index (κ2) is 8.54. The maximum Gasteiger partial charge on any atom is 0.337 e. The van der Waals surface area contributed by atoms with E-state index in [1.54, 1.807) is 41.8 Å². The third kappa shape index (κ3) is 5.07. The van der Waals surface area contributed by atoms with Gasteiger partial charge in [-0.05, 0) is 31.2 Å². The second-order valence-corrected chi connectivity index (χ2v) is 9.07. The number of nitrogens with one attached hydrogen (secondary N) is 1. The monoisotopic (exact) mass is 430 g/mol. The maximum atomic E-state index is 12.4. The summed E-state index contributed by atoms with van der Waals surface area (Å²) in [5, 5.41) is 4.55. The zero-order valence-electron chi connectivity index (χ0n) is 15.7. The molecule has 0 aliphatic carbocycles. The van der Waals surface area contributed by atoms with E-state index in [9.17, 15) is 18.0 Å². The van der Waals surface area contributed by atoms with Crippen molar-refractivity contribution in [1.29, 1.82) is 0 Å². The van der Waals surface area contributed by atoms with Crippen molar-refractivity contribution in [2.75, 3.05) is 18.2 Å². The number of rotatable bonds is 6. The van der Waals surface area contributed by atoms with Crippen molar-refractivity contribution in [3.8, 4) is 11.3 Å². The molecule has 0 aliphatic heterocycles. The minimum Gasteiger partial charge on any atom is -0.465 e. The molecule has 0 radical (unpaired) electrons. The molecule has 2 aromatic carbocycles. The second-order valence-electron chi connectivity index (χ2n) is 6.23. The van der Waals surface area contributed by atoms with Gasteiger partial charge in [0.05, 0.1) is 23.3 Å². The van der Waals surface area contributed by atoms with Gasteiger partial charge in [0.25, 0.3) is 0 Å². The highest BCUT2D eigenvalue weighted by Gasteiger charge is 2.20. The summed E-state index contributed by atoms with van der Waals surface area (Å²) in [6.45, 7) is 1.85. The molecule has 1 N–H and O–H groups in total. The van der Waals surface area contributed by atoms with Crippen LogP contribution in [0.1, 0.15) is 15.9 Å². The van der Waals surface area contributed by atoms with E-state index in [4.69, 9.17) is 0 Å². The number of aromatic nitrogens is 1. The maximum absolute atomic E-state index is 12.4. The highest BCUT2D eigenvalue weighted by molar-refractivity contribution is 7.92. The average Bonchev–Trinajstić information content (AvgIpc) is 3.15. The van der Waals surface area contributed by atoms with Gasteiger partial charge < -0.3 is 10.1 Å². The topological polar surface area (TPSA) is 102 Å². The molecule has 1 aromatic heterocycles. The highest BCUT2D eigenvalue weighted by atomic mass is 32.2. The fraction of sp³-hybridized carbons (Fsp3) is 0.150. The molecule has 7 nitrogen and oxygen atoms in total. The van der Waals surface area contributed by atoms with Crippen molar-refractivity contribution in [1.82, 2.24) is 4.98 Å². The zero-order valence-corrected chi connectivity index (χ0v) is 17.3. The molecule has 0 spiro atoms. The van der Waals surface area contributed by atoms with Gasteiger partial charge in [0.1, 0.15) is 5.75 Å². The molecule has 0 atom stereocenters. The van der Waals surface area contributed by atoms with Crippen molar-refractivity contribution >= 4 is 38.2 Å². The Balaban J connectivity index is 1.67. The van der Waals surface area contributed by atoms with Crippen LogP contribution in [-0.4, -0.2) is 38.1 Å². The Morgan fingerprint density at radius 2 is 1.72 bits per heavy atom. The molecule has 0 aliphatic rings. The number of amides is 1. The van der Waals surface area contributed by atoms with E-state index in [0.717, 1.165) is 11.1 Å². The van der Waals surface area contributed by atoms with Crippen LogP contribution >= 0.6 is 11.3 Å². The highest BCUT2D eigenvalue weighted by Crippen LogP contribution is 2.25. The van der Waals surface area contributed by atoms with Gasteiger partial charge in [0.15, 0.2) is 15.0 Å². The van der Waals surface area contributed by atoms with E-state index in [-0.39, 0.29) is 4.90 Å². The number of sulfone groups is 1. The summed E-state index contributed by atoms with van der Waals surface area (Å²) in [4.78, 5) is 28.1. The van der Waals surface area contributed by atoms with Crippen LogP contribution in [0.25, 0.3) is 11.3 Å². The standard InChI is InChI=1S/C20H18N2O5S2/c1-13-3-9-16(10-4-13)29(25,26)12-18(23)22-20-21-17(11-28-20)14-5-7-15(8-6-14)19(24)27-2/h3-11H,12H2,1-2H3,(H,21,22,23). The molecule has 9 heteroatoms. The number of benzene rings is 2. The Hall–Kier alpha value is -3.04. The van der Waals surface area contributed by atoms with Crippen LogP contribution in [0.4, 0.5) is 5.13 Å². The first-order valence-electron chi connectivity index (χ1n) is 8.52. The number of carbonyl (C=O) groups is 2. The molecule has 1 amide bonds. The fourth-order valence-corrected chi connectivity index (χ4v) is 4.39. The Morgan fingerprint density at radius 1 is 1.07 bits per heavy atom. The van der Waals surface area contributed by atoms with E-state index in [1.807, 2.05) is 6.92 Å². The first kappa shape index (κ1) is 20.7. The number of aryl methyl sites for hydroxylation is 1. The molecular weight excluding hydrogens is 412 g/mol. The summed E-state index contributed by atoms with van der Waals surface area (Å²) in [6, 6.07) is 13.0. The Morgan fingerprint density at radius 3 is 2.34 bits per heavy atom. The van der Waals surface area contributed by atoms with Crippen LogP contribution in [0, 0.1) is 6.92 Å². The fourth-order valence-electron chi connectivity index (χ4n) is 2.52. The van der Waals surface area contributed by atoms with E-state index in [0.29, 0.717) is 16.4 Å². The number of thiazole rings is 1. The molecule has 3 aromatic rings. The number of hydrogen-bond acceptors (Lipinski definition) is 7. The van der Waals surface area contributed by atoms with E-state index in [1.165, 1.54) is 30.6 Å². The van der Waals surface area contributed by atoms with Gasteiger partial charge in [0.2, 0.25) is 5.91 Å². The minimum atomic E-state index is -3.74. The Labute approximate surface area is 172 Å². The van der Waals surface area contributed by atoms with Crippen molar-refractivity contribution in [3.05, 3.63) is 65.0 Å². The SMILES string of the molecule is COC(=O)c1ccc(-c2csc(NC(=O)CS(=O)(=O)c3ccc(C)cc3)n2)cc1. The zero-order chi connectivity index (χ0) is 21.0. The van der Waals surface area contributed by atoms with Crippen LogP contribution in [0.3, 0.4) is 0 Å². The van der Waals surface area contributed by atoms with Crippen LogP contribution in [-0.2, 0) is 19.4 Å². The normalized spacial score (nSPS) is 11.1. The number of anilines is 1. The lowest BCUT2D eigenvalue weighted by atomic mass is 10.1. The quantitative estimate of drug-likeness (QED) is 0.602. The number of esters is 1. The summed E-state index contributed by atoms with van der Waals surface area (Å²) in [6.07, 6.45) is 0. The molecule has 0 saturated heterocycles. The summed E-state index contributed by atoms with van der Waals surface area (Å²) >= 11 is 1.18. The van der Waals surface area contributed by atoms with E-state index in [2.05, 4.69) is 15.0 Å². The van der Waals surface area contributed by atoms with Crippen molar-refractivity contribution in [3.63, 3.8) is 0 Å². The third-order valence-corrected chi connectivity index (χ3v) is 6.44. The lowest BCUT2D eigenvalue weighted by Crippen LogP contribution is -2.22. The lowest BCUT2D eigenvalue weighted by molar-refractivity contribution is -0.113. The predicted octanol–water partition coefficient (Wildman–Crippen LogP) is 3.32. The van der Waals surface area contributed by atoms with Crippen molar-refractivity contribution in [2.45, 2.75) is 11.8 Å². The number of nitrogens with zero attached hydrogens (tertiary/aromatic N) is 1. The largest absolute Gasteiger partial charge is 0.465 e. The number of methoxy groups -OCH3 is 1. The summed E-state index contributed by atoms with van der Waals surface area (Å²) in [7, 11) is -2.43. The molecule has 0 fully saturated rings. The van der Waals surface area contributed by atoms with Gasteiger partial charge in [-0.1, -0.05) is 29.8 Å². The number of hydrogen-bond donors (Lipinski definition) is 1. The van der Waals surface area contributed by atoms with Crippen LogP contribution < -0.4 is 5.32 Å². The first-order valence-corrected chi connectivity index (χ1v) is 11.1. The minimum absolute atomic E-state index is 0.101. The molecule has 150 valence electrons. The summed E-state index contributed by atoms with van der Waals surface area (Å²) < 4.78 is 29.4. The van der Waals surface area contributed by atoms with Gasteiger partial charge in [-0.15, -0.1) is 11.3 Å². The van der Waals surface area contributed by atoms with Crippen molar-refractivity contribution in [2.24, 2.45) is 0 Å². The van der Waals surface area contributed by atoms with E-state index >= 15 is 0 Å². The summed E-state index contributed by atoms with van der Waals surface area (Å²) in [5.41, 5.74) is 2.70. The molecular formula is C20H18N2O5S2.